The molecule has 0 N–H and O–H groups in total. The van der Waals surface area contributed by atoms with E-state index >= 15 is 0 Å². The third-order valence-corrected chi connectivity index (χ3v) is 6.52. The summed E-state index contributed by atoms with van der Waals surface area (Å²) >= 11 is 0. The van der Waals surface area contributed by atoms with Gasteiger partial charge in [-0.2, -0.15) is 0 Å². The van der Waals surface area contributed by atoms with Crippen molar-refractivity contribution in [1.29, 1.82) is 0 Å². The normalized spacial score (nSPS) is 14.1. The first-order valence-electron chi connectivity index (χ1n) is 12.4. The highest BCUT2D eigenvalue weighted by molar-refractivity contribution is 6.28. The first-order chi connectivity index (χ1) is 19.4. The highest BCUT2D eigenvalue weighted by Crippen LogP contribution is 2.26. The van der Waals surface area contributed by atoms with Gasteiger partial charge in [0.2, 0.25) is 0 Å². The Morgan fingerprint density at radius 2 is 0.425 bits per heavy atom. The summed E-state index contributed by atoms with van der Waals surface area (Å²) in [6, 6.07) is 27.6. The van der Waals surface area contributed by atoms with E-state index in [0.717, 1.165) is 0 Å². The molecule has 0 amide bonds. The van der Waals surface area contributed by atoms with Crippen LogP contribution in [0.2, 0.25) is 0 Å². The molecule has 7 rings (SSSR count). The molecule has 0 bridgehead atoms. The fraction of sp³-hybridized carbons (Fsp3) is 0. The second-order valence-corrected chi connectivity index (χ2v) is 8.96. The fourth-order valence-electron chi connectivity index (χ4n) is 4.54. The highest BCUT2D eigenvalue weighted by Gasteiger charge is 2.28. The number of hydrogen-bond donors (Lipinski definition) is 0. The van der Waals surface area contributed by atoms with Gasteiger partial charge < -0.3 is 0 Å². The predicted octanol–water partition coefficient (Wildman–Crippen LogP) is 5.71. The van der Waals surface area contributed by atoms with Crippen molar-refractivity contribution in [2.45, 2.75) is 0 Å². The molecule has 0 saturated carbocycles. The Labute approximate surface area is 229 Å². The van der Waals surface area contributed by atoms with Gasteiger partial charge in [-0.3, -0.25) is 28.8 Å². The second kappa shape index (κ2) is 11.0. The van der Waals surface area contributed by atoms with Gasteiger partial charge in [0.25, 0.3) is 0 Å². The van der Waals surface area contributed by atoms with Gasteiger partial charge >= 0.3 is 0 Å². The van der Waals surface area contributed by atoms with Crippen LogP contribution in [0.1, 0.15) is 73.3 Å². The van der Waals surface area contributed by atoms with Gasteiger partial charge in [0.15, 0.2) is 34.7 Å². The Bertz CT molecular complexity index is 1550. The second-order valence-electron chi connectivity index (χ2n) is 8.96. The van der Waals surface area contributed by atoms with Crippen molar-refractivity contribution >= 4 is 34.7 Å². The molecule has 0 unspecified atom stereocenters. The van der Waals surface area contributed by atoms with E-state index in [-0.39, 0.29) is 34.7 Å². The van der Waals surface area contributed by atoms with Crippen molar-refractivity contribution in [1.82, 2.24) is 0 Å². The summed E-state index contributed by atoms with van der Waals surface area (Å²) in [5.74, 6) is -0.498. The van der Waals surface area contributed by atoms with Crippen LogP contribution in [0.3, 0.4) is 0 Å². The summed E-state index contributed by atoms with van der Waals surface area (Å²) in [4.78, 5) is 69.0. The number of carbonyl (C=O) groups is 6. The van der Waals surface area contributed by atoms with Crippen molar-refractivity contribution in [2.75, 3.05) is 0 Å². The molecule has 0 saturated heterocycles. The molecule has 0 radical (unpaired) electrons. The summed E-state index contributed by atoms with van der Waals surface area (Å²) in [5.41, 5.74) is 4.04. The minimum absolute atomic E-state index is 0.0641. The first kappa shape index (κ1) is 26.0. The molecular weight excluding hydrogens is 504 g/mol. The molecule has 6 heteroatoms. The third-order valence-electron chi connectivity index (χ3n) is 6.52. The van der Waals surface area contributed by atoms with Crippen molar-refractivity contribution in [2.24, 2.45) is 0 Å². The molecule has 0 heterocycles. The topological polar surface area (TPSA) is 102 Å². The van der Waals surface area contributed by atoms with Crippen LogP contribution in [0.25, 0.3) is 0 Å². The maximum atomic E-state index is 12.1. The summed E-state index contributed by atoms with van der Waals surface area (Å²) in [7, 11) is 0. The summed E-state index contributed by atoms with van der Waals surface area (Å²) in [5, 5.41) is 0. The molecule has 4 aromatic rings. The van der Waals surface area contributed by atoms with Crippen LogP contribution in [-0.2, 0) is 0 Å². The smallest absolute Gasteiger partial charge is 0.194 e. The van der Waals surface area contributed by atoms with Crippen LogP contribution >= 0.6 is 0 Å². The zero-order chi connectivity index (χ0) is 28.2. The van der Waals surface area contributed by atoms with E-state index in [1.807, 2.05) is 0 Å². The quantitative estimate of drug-likeness (QED) is 0.257. The van der Waals surface area contributed by atoms with Gasteiger partial charge in [-0.05, 0) is 24.3 Å². The van der Waals surface area contributed by atoms with E-state index in [9.17, 15) is 28.8 Å². The third kappa shape index (κ3) is 4.93. The Kier molecular flexibility index (Phi) is 7.16. The van der Waals surface area contributed by atoms with Crippen molar-refractivity contribution in [3.05, 3.63) is 166 Å². The number of benzene rings is 4. The monoisotopic (exact) mass is 524 g/mol. The van der Waals surface area contributed by atoms with E-state index in [1.165, 1.54) is 24.3 Å². The van der Waals surface area contributed by atoms with Gasteiger partial charge in [-0.25, -0.2) is 0 Å². The Morgan fingerprint density at radius 1 is 0.250 bits per heavy atom. The van der Waals surface area contributed by atoms with E-state index in [1.54, 1.807) is 97.1 Å². The summed E-state index contributed by atoms with van der Waals surface area (Å²) in [6.07, 6.45) is 5.24. The molecule has 192 valence electrons. The molecule has 0 spiro atoms. The van der Waals surface area contributed by atoms with Crippen molar-refractivity contribution in [3.8, 4) is 0 Å². The predicted molar refractivity (Wildman–Crippen MR) is 148 cm³/mol. The van der Waals surface area contributed by atoms with Crippen LogP contribution in [-0.4, -0.2) is 34.7 Å². The lowest BCUT2D eigenvalue weighted by Gasteiger charge is -2.16. The largest absolute Gasteiger partial charge is 0.289 e. The average molecular weight is 525 g/mol. The van der Waals surface area contributed by atoms with Crippen molar-refractivity contribution in [3.63, 3.8) is 0 Å². The van der Waals surface area contributed by atoms with Gasteiger partial charge in [0.05, 0.1) is 0 Å². The van der Waals surface area contributed by atoms with Crippen molar-refractivity contribution < 1.29 is 28.8 Å². The van der Waals surface area contributed by atoms with E-state index in [2.05, 4.69) is 0 Å². The molecule has 3 aliphatic carbocycles. The molecule has 0 aliphatic heterocycles. The lowest BCUT2D eigenvalue weighted by atomic mass is 9.84. The Morgan fingerprint density at radius 3 is 0.625 bits per heavy atom. The van der Waals surface area contributed by atoms with Gasteiger partial charge in [-0.15, -0.1) is 0 Å². The van der Waals surface area contributed by atoms with Gasteiger partial charge in [0, 0.05) is 44.5 Å². The van der Waals surface area contributed by atoms with Crippen LogP contribution in [0.4, 0.5) is 0 Å². The summed E-state index contributed by atoms with van der Waals surface area (Å²) in [6.45, 7) is 0. The minimum atomic E-state index is -0.0924. The van der Waals surface area contributed by atoms with Crippen LogP contribution in [0.5, 0.6) is 0 Å². The molecule has 3 aliphatic rings. The molecule has 4 aromatic carbocycles. The SMILES string of the molecule is O=C1C=CC(=O)c2ccccc21.O=C1C=CC(=O)c2ccccc21.O=C1c2ccccc2C(=O)c2ccccc21. The maximum absolute atomic E-state index is 12.1. The number of carbonyl (C=O) groups excluding carboxylic acids is 6. The zero-order valence-corrected chi connectivity index (χ0v) is 21.0. The Hall–Kier alpha value is -5.62. The van der Waals surface area contributed by atoms with Gasteiger partial charge in [-0.1, -0.05) is 97.1 Å². The van der Waals surface area contributed by atoms with Crippen LogP contribution < -0.4 is 0 Å². The molecule has 0 fully saturated rings. The van der Waals surface area contributed by atoms with Crippen LogP contribution in [0, 0.1) is 0 Å². The molecular formula is C34H20O6. The van der Waals surface area contributed by atoms with E-state index in [4.69, 9.17) is 0 Å². The van der Waals surface area contributed by atoms with Crippen LogP contribution in [0.15, 0.2) is 121 Å². The highest BCUT2D eigenvalue weighted by atomic mass is 16.2. The number of fused-ring (bicyclic) bond motifs is 4. The Balaban J connectivity index is 0.000000123. The lowest BCUT2D eigenvalue weighted by Crippen LogP contribution is -2.20. The first-order valence-corrected chi connectivity index (χ1v) is 12.4. The molecule has 40 heavy (non-hydrogen) atoms. The molecule has 6 nitrogen and oxygen atoms in total. The molecule has 0 aromatic heterocycles. The fourth-order valence-corrected chi connectivity index (χ4v) is 4.54. The zero-order valence-electron chi connectivity index (χ0n) is 21.0. The van der Waals surface area contributed by atoms with E-state index < -0.39 is 0 Å². The van der Waals surface area contributed by atoms with Gasteiger partial charge in [0.1, 0.15) is 0 Å². The number of hydrogen-bond acceptors (Lipinski definition) is 6. The standard InChI is InChI=1S/C14H8O2.2C10H6O2/c15-13-9-5-1-2-6-10(9)14(16)12-8-4-3-7-11(12)13;2*11-9-5-6-10(12)8-4-2-1-3-7(8)9/h1-8H;2*1-6H. The number of rotatable bonds is 0. The average Bonchev–Trinajstić information content (AvgIpc) is 3.01. The molecule has 0 atom stereocenters. The van der Waals surface area contributed by atoms with E-state index in [0.29, 0.717) is 44.5 Å². The minimum Gasteiger partial charge on any atom is -0.289 e. The maximum Gasteiger partial charge on any atom is 0.194 e. The number of ketones is 6. The lowest BCUT2D eigenvalue weighted by molar-refractivity contribution is 0.0979. The summed E-state index contributed by atoms with van der Waals surface area (Å²) < 4.78 is 0. The number of allylic oxidation sites excluding steroid dienone is 4.